The molecule has 1 aromatic carbocycles. The van der Waals surface area contributed by atoms with Gasteiger partial charge in [0.05, 0.1) is 18.6 Å². The Labute approximate surface area is 177 Å². The van der Waals surface area contributed by atoms with Crippen LogP contribution in [-0.2, 0) is 4.79 Å². The first-order valence-electron chi connectivity index (χ1n) is 9.08. The highest BCUT2D eigenvalue weighted by atomic mass is 32.2. The minimum atomic E-state index is -0.147. The molecule has 150 valence electrons. The minimum absolute atomic E-state index is 0.147. The van der Waals surface area contributed by atoms with Crippen molar-refractivity contribution in [1.29, 1.82) is 0 Å². The second kappa shape index (κ2) is 9.19. The number of nitrogens with zero attached hydrogens (tertiary/aromatic N) is 5. The normalized spacial score (nSPS) is 10.6. The Morgan fingerprint density at radius 2 is 1.93 bits per heavy atom. The standard InChI is InChI=1S/C21H18N6O2S/c1-29-17-6-4-5-16(13-17)27-20(18-7-2-3-10-23-18)25-26-21(27)30-14-19(28)24-15-8-11-22-12-9-15/h2-13H,14H2,1H3,(H,22,24,28). The minimum Gasteiger partial charge on any atom is -0.497 e. The SMILES string of the molecule is COc1cccc(-n2c(SCC(=O)Nc3ccncc3)nnc2-c2ccccn2)c1. The number of rotatable bonds is 7. The van der Waals surface area contributed by atoms with Crippen molar-refractivity contribution in [2.24, 2.45) is 0 Å². The second-order valence-corrected chi connectivity index (χ2v) is 7.07. The number of ether oxygens (including phenoxy) is 1. The summed E-state index contributed by atoms with van der Waals surface area (Å²) in [5.74, 6) is 1.32. The molecule has 3 heterocycles. The lowest BCUT2D eigenvalue weighted by Crippen LogP contribution is -2.14. The Balaban J connectivity index is 1.62. The highest BCUT2D eigenvalue weighted by Crippen LogP contribution is 2.28. The van der Waals surface area contributed by atoms with Crippen molar-refractivity contribution in [3.63, 3.8) is 0 Å². The van der Waals surface area contributed by atoms with Crippen molar-refractivity contribution < 1.29 is 9.53 Å². The van der Waals surface area contributed by atoms with Gasteiger partial charge in [-0.3, -0.25) is 19.3 Å². The highest BCUT2D eigenvalue weighted by molar-refractivity contribution is 7.99. The van der Waals surface area contributed by atoms with Gasteiger partial charge in [0.15, 0.2) is 11.0 Å². The van der Waals surface area contributed by atoms with Gasteiger partial charge in [0, 0.05) is 30.3 Å². The predicted octanol–water partition coefficient (Wildman–Crippen LogP) is 3.46. The molecule has 8 nitrogen and oxygen atoms in total. The molecule has 0 radical (unpaired) electrons. The quantitative estimate of drug-likeness (QED) is 0.459. The Bertz CT molecular complexity index is 1130. The van der Waals surface area contributed by atoms with Gasteiger partial charge in [-0.2, -0.15) is 0 Å². The fourth-order valence-corrected chi connectivity index (χ4v) is 3.52. The van der Waals surface area contributed by atoms with Gasteiger partial charge < -0.3 is 10.1 Å². The summed E-state index contributed by atoms with van der Waals surface area (Å²) in [6.45, 7) is 0. The van der Waals surface area contributed by atoms with E-state index in [9.17, 15) is 4.79 Å². The molecule has 0 aliphatic rings. The first-order chi connectivity index (χ1) is 14.7. The maximum Gasteiger partial charge on any atom is 0.234 e. The molecule has 0 aliphatic carbocycles. The molecule has 1 N–H and O–H groups in total. The van der Waals surface area contributed by atoms with Gasteiger partial charge in [-0.1, -0.05) is 23.9 Å². The number of anilines is 1. The molecular formula is C21H18N6O2S. The van der Waals surface area contributed by atoms with Crippen LogP contribution in [0, 0.1) is 0 Å². The van der Waals surface area contributed by atoms with Gasteiger partial charge in [0.2, 0.25) is 5.91 Å². The zero-order valence-electron chi connectivity index (χ0n) is 16.1. The van der Waals surface area contributed by atoms with Crippen molar-refractivity contribution in [1.82, 2.24) is 24.7 Å². The Hall–Kier alpha value is -3.72. The van der Waals surface area contributed by atoms with E-state index in [4.69, 9.17) is 4.74 Å². The van der Waals surface area contributed by atoms with E-state index in [-0.39, 0.29) is 11.7 Å². The first kappa shape index (κ1) is 19.6. The lowest BCUT2D eigenvalue weighted by Gasteiger charge is -2.11. The summed E-state index contributed by atoms with van der Waals surface area (Å²) in [5.41, 5.74) is 2.19. The van der Waals surface area contributed by atoms with Crippen molar-refractivity contribution in [3.8, 4) is 23.0 Å². The number of amides is 1. The van der Waals surface area contributed by atoms with Crippen LogP contribution >= 0.6 is 11.8 Å². The molecule has 4 rings (SSSR count). The average molecular weight is 418 g/mol. The van der Waals surface area contributed by atoms with Gasteiger partial charge >= 0.3 is 0 Å². The summed E-state index contributed by atoms with van der Waals surface area (Å²) in [7, 11) is 1.62. The molecule has 0 unspecified atom stereocenters. The van der Waals surface area contributed by atoms with Crippen molar-refractivity contribution in [3.05, 3.63) is 73.2 Å². The topological polar surface area (TPSA) is 94.8 Å². The van der Waals surface area contributed by atoms with Gasteiger partial charge in [0.25, 0.3) is 0 Å². The molecule has 3 aromatic heterocycles. The van der Waals surface area contributed by atoms with Crippen LogP contribution in [0.25, 0.3) is 17.2 Å². The van der Waals surface area contributed by atoms with Crippen LogP contribution in [0.5, 0.6) is 5.75 Å². The molecule has 0 saturated carbocycles. The predicted molar refractivity (Wildman–Crippen MR) is 115 cm³/mol. The number of hydrogen-bond donors (Lipinski definition) is 1. The molecule has 30 heavy (non-hydrogen) atoms. The van der Waals surface area contributed by atoms with E-state index in [1.54, 1.807) is 37.8 Å². The Morgan fingerprint density at radius 1 is 1.07 bits per heavy atom. The number of thioether (sulfide) groups is 1. The summed E-state index contributed by atoms with van der Waals surface area (Å²) >= 11 is 1.29. The molecule has 0 aliphatic heterocycles. The lowest BCUT2D eigenvalue weighted by molar-refractivity contribution is -0.113. The van der Waals surface area contributed by atoms with Gasteiger partial charge in [-0.05, 0) is 36.4 Å². The smallest absolute Gasteiger partial charge is 0.234 e. The Kier molecular flexibility index (Phi) is 6.00. The molecule has 0 spiro atoms. The first-order valence-corrected chi connectivity index (χ1v) is 10.1. The maximum atomic E-state index is 12.4. The molecular weight excluding hydrogens is 400 g/mol. The summed E-state index contributed by atoms with van der Waals surface area (Å²) in [5, 5.41) is 12.1. The Morgan fingerprint density at radius 3 is 2.70 bits per heavy atom. The van der Waals surface area contributed by atoms with Gasteiger partial charge in [-0.25, -0.2) is 0 Å². The molecule has 0 atom stereocenters. The fourth-order valence-electron chi connectivity index (χ4n) is 2.77. The maximum absolute atomic E-state index is 12.4. The van der Waals surface area contributed by atoms with Crippen LogP contribution in [0.4, 0.5) is 5.69 Å². The number of benzene rings is 1. The van der Waals surface area contributed by atoms with Crippen molar-refractivity contribution in [2.75, 3.05) is 18.2 Å². The number of nitrogens with one attached hydrogen (secondary N) is 1. The van der Waals surface area contributed by atoms with Gasteiger partial charge in [-0.15, -0.1) is 10.2 Å². The summed E-state index contributed by atoms with van der Waals surface area (Å²) in [6.07, 6.45) is 4.96. The molecule has 1 amide bonds. The summed E-state index contributed by atoms with van der Waals surface area (Å²) in [4.78, 5) is 20.7. The van der Waals surface area contributed by atoms with Crippen LogP contribution in [0.1, 0.15) is 0 Å². The highest BCUT2D eigenvalue weighted by Gasteiger charge is 2.18. The third-order valence-corrected chi connectivity index (χ3v) is 5.06. The van der Waals surface area contributed by atoms with Crippen LogP contribution in [-0.4, -0.2) is 43.5 Å². The largest absolute Gasteiger partial charge is 0.497 e. The van der Waals surface area contributed by atoms with Crippen LogP contribution in [0.3, 0.4) is 0 Å². The van der Waals surface area contributed by atoms with Crippen LogP contribution in [0.2, 0.25) is 0 Å². The molecule has 0 fully saturated rings. The van der Waals surface area contributed by atoms with Crippen LogP contribution in [0.15, 0.2) is 78.3 Å². The van der Waals surface area contributed by atoms with E-state index < -0.39 is 0 Å². The van der Waals surface area contributed by atoms with Crippen LogP contribution < -0.4 is 10.1 Å². The third-order valence-electron chi connectivity index (χ3n) is 4.14. The molecule has 4 aromatic rings. The molecule has 0 saturated heterocycles. The number of aromatic nitrogens is 5. The van der Waals surface area contributed by atoms with Crippen molar-refractivity contribution >= 4 is 23.4 Å². The summed E-state index contributed by atoms with van der Waals surface area (Å²) in [6, 6.07) is 16.6. The molecule has 0 bridgehead atoms. The zero-order chi connectivity index (χ0) is 20.8. The average Bonchev–Trinajstić information content (AvgIpc) is 3.23. The monoisotopic (exact) mass is 418 g/mol. The lowest BCUT2D eigenvalue weighted by atomic mass is 10.2. The zero-order valence-corrected chi connectivity index (χ0v) is 16.9. The third kappa shape index (κ3) is 4.47. The molecule has 9 heteroatoms. The van der Waals surface area contributed by atoms with E-state index in [1.165, 1.54) is 11.8 Å². The number of hydrogen-bond acceptors (Lipinski definition) is 7. The van der Waals surface area contributed by atoms with E-state index in [1.807, 2.05) is 47.0 Å². The van der Waals surface area contributed by atoms with E-state index >= 15 is 0 Å². The number of methoxy groups -OCH3 is 1. The fraction of sp³-hybridized carbons (Fsp3) is 0.0952. The number of carbonyl (C=O) groups excluding carboxylic acids is 1. The van der Waals surface area contributed by atoms with Gasteiger partial charge in [0.1, 0.15) is 11.4 Å². The van der Waals surface area contributed by atoms with Crippen molar-refractivity contribution in [2.45, 2.75) is 5.16 Å². The van der Waals surface area contributed by atoms with E-state index in [2.05, 4.69) is 25.5 Å². The number of pyridine rings is 2. The van der Waals surface area contributed by atoms with E-state index in [0.29, 0.717) is 28.1 Å². The second-order valence-electron chi connectivity index (χ2n) is 6.13. The number of carbonyl (C=O) groups is 1. The van der Waals surface area contributed by atoms with E-state index in [0.717, 1.165) is 5.69 Å². The summed E-state index contributed by atoms with van der Waals surface area (Å²) < 4.78 is 7.23.